The monoisotopic (exact) mass is 1190 g/mol. The van der Waals surface area contributed by atoms with E-state index in [2.05, 4.69) is 21.3 Å². The van der Waals surface area contributed by atoms with Crippen molar-refractivity contribution in [2.45, 2.75) is 221 Å². The van der Waals surface area contributed by atoms with Gasteiger partial charge in [-0.25, -0.2) is 27.6 Å². The van der Waals surface area contributed by atoms with Gasteiger partial charge in [-0.2, -0.15) is 4.31 Å². The summed E-state index contributed by atoms with van der Waals surface area (Å²) in [4.78, 5) is 77.4. The van der Waals surface area contributed by atoms with Crippen molar-refractivity contribution in [2.75, 3.05) is 39.9 Å². The molecule has 14 atom stereocenters. The highest BCUT2D eigenvalue weighted by molar-refractivity contribution is 7.89. The molecule has 0 radical (unpaired) electrons. The van der Waals surface area contributed by atoms with E-state index in [1.165, 1.54) is 26.1 Å². The van der Waals surface area contributed by atoms with E-state index < -0.39 is 190 Å². The van der Waals surface area contributed by atoms with Gasteiger partial charge in [0.25, 0.3) is 5.69 Å². The van der Waals surface area contributed by atoms with Gasteiger partial charge in [0.15, 0.2) is 23.3 Å². The number of nitro benzene ring substituents is 1. The Labute approximate surface area is 476 Å². The Balaban J connectivity index is 1.55. The minimum absolute atomic E-state index is 0.0525. The van der Waals surface area contributed by atoms with Crippen LogP contribution in [0.4, 0.5) is 24.9 Å². The molecule has 82 heavy (non-hydrogen) atoms. The van der Waals surface area contributed by atoms with E-state index in [9.17, 15) is 68.0 Å². The fourth-order valence-electron chi connectivity index (χ4n) is 9.76. The molecule has 1 aromatic carbocycles. The lowest BCUT2D eigenvalue weighted by Crippen LogP contribution is -2.71. The lowest BCUT2D eigenvalue weighted by atomic mass is 9.82. The van der Waals surface area contributed by atoms with Crippen LogP contribution in [-0.2, 0) is 57.4 Å². The van der Waals surface area contributed by atoms with Gasteiger partial charge in [0.05, 0.1) is 54.5 Å². The van der Waals surface area contributed by atoms with Crippen molar-refractivity contribution in [3.05, 3.63) is 34.4 Å². The number of hydrogen-bond acceptors (Lipinski definition) is 22. The number of carboxylic acid groups (broad SMARTS) is 1. The van der Waals surface area contributed by atoms with Crippen molar-refractivity contribution < 1.29 is 105 Å². The molecule has 3 saturated heterocycles. The number of sulfonamides is 1. The Hall–Kier alpha value is -5.32. The first-order valence-corrected chi connectivity index (χ1v) is 28.2. The number of benzene rings is 1. The van der Waals surface area contributed by atoms with Crippen LogP contribution in [0, 0.1) is 10.1 Å². The number of nitro groups is 1. The molecule has 4 fully saturated rings. The van der Waals surface area contributed by atoms with Gasteiger partial charge in [-0.05, 0) is 115 Å². The van der Waals surface area contributed by atoms with E-state index >= 15 is 0 Å². The van der Waals surface area contributed by atoms with Crippen molar-refractivity contribution in [1.82, 2.24) is 30.5 Å². The molecule has 1 saturated carbocycles. The summed E-state index contributed by atoms with van der Waals surface area (Å²) >= 11 is 0. The van der Waals surface area contributed by atoms with Crippen molar-refractivity contribution in [3.63, 3.8) is 0 Å². The minimum atomic E-state index is -4.76. The van der Waals surface area contributed by atoms with Crippen molar-refractivity contribution >= 4 is 46.0 Å². The van der Waals surface area contributed by atoms with Gasteiger partial charge in [0.1, 0.15) is 52.9 Å². The smallest absolute Gasteiger partial charge is 0.410 e. The third kappa shape index (κ3) is 18.8. The summed E-state index contributed by atoms with van der Waals surface area (Å²) in [6, 6.07) is -1.06. The molecule has 3 heterocycles. The maximum atomic E-state index is 14.6. The van der Waals surface area contributed by atoms with Crippen LogP contribution in [0.3, 0.4) is 0 Å². The van der Waals surface area contributed by atoms with Gasteiger partial charge < -0.3 is 94.3 Å². The van der Waals surface area contributed by atoms with Gasteiger partial charge in [0, 0.05) is 32.7 Å². The average Bonchev–Trinajstić information content (AvgIpc) is 3.70. The summed E-state index contributed by atoms with van der Waals surface area (Å²) in [5.41, 5.74) is -5.68. The highest BCUT2D eigenvalue weighted by atomic mass is 32.2. The summed E-state index contributed by atoms with van der Waals surface area (Å²) in [5.74, 6) is -2.20. The van der Waals surface area contributed by atoms with E-state index in [1.54, 1.807) is 76.2 Å². The van der Waals surface area contributed by atoms with E-state index in [4.69, 9.17) is 42.6 Å². The molecule has 0 aromatic heterocycles. The maximum Gasteiger partial charge on any atom is 0.410 e. The summed E-state index contributed by atoms with van der Waals surface area (Å²) in [6.07, 6.45) is -20.6. The molecule has 1 aliphatic carbocycles. The molecule has 3 aliphatic heterocycles. The Kier molecular flexibility index (Phi) is 22.0. The number of alkyl carbamates (subject to hydrolysis) is 2. The predicted octanol–water partition coefficient (Wildman–Crippen LogP) is 1.77. The number of amides is 5. The molecule has 466 valence electrons. The van der Waals surface area contributed by atoms with Crippen LogP contribution < -0.4 is 21.3 Å². The molecule has 1 unspecified atom stereocenters. The molecule has 9 N–H and O–H groups in total. The Morgan fingerprint density at radius 1 is 0.817 bits per heavy atom. The van der Waals surface area contributed by atoms with Crippen LogP contribution in [0.5, 0.6) is 0 Å². The van der Waals surface area contributed by atoms with Gasteiger partial charge in [-0.15, -0.1) is 0 Å². The number of carbonyl (C=O) groups is 5. The first-order valence-electron chi connectivity index (χ1n) is 26.8. The van der Waals surface area contributed by atoms with Gasteiger partial charge >= 0.3 is 24.4 Å². The van der Waals surface area contributed by atoms with Gasteiger partial charge in [0.2, 0.25) is 15.9 Å². The fraction of sp³-hybridized carbons (Fsp3) is 0.784. The van der Waals surface area contributed by atoms with Crippen LogP contribution in [0.15, 0.2) is 29.2 Å². The summed E-state index contributed by atoms with van der Waals surface area (Å²) in [7, 11) is -3.51. The second-order valence-electron chi connectivity index (χ2n) is 24.3. The zero-order valence-electron chi connectivity index (χ0n) is 48.5. The number of nitrogens with zero attached hydrogens (tertiary/aromatic N) is 3. The largest absolute Gasteiger partial charge is 0.465 e. The number of aliphatic hydroxyl groups is 4. The topological polar surface area (TPSA) is 401 Å². The van der Waals surface area contributed by atoms with Crippen LogP contribution in [-0.4, -0.2) is 226 Å². The first-order chi connectivity index (χ1) is 37.7. The molecular formula is C51H83N7O23S. The average molecular weight is 1190 g/mol. The Morgan fingerprint density at radius 2 is 1.39 bits per heavy atom. The molecule has 30 nitrogen and oxygen atoms in total. The van der Waals surface area contributed by atoms with E-state index in [-0.39, 0.29) is 32.4 Å². The van der Waals surface area contributed by atoms with Gasteiger partial charge in [-0.1, -0.05) is 12.1 Å². The molecular weight excluding hydrogens is 1110 g/mol. The number of ether oxygens (including phenoxy) is 9. The standard InChI is InChI=1S/C51H83N7O23S/c1-47(2,3)79-44(65)52-21-20-33(59)40(62)53-30-22-31(55-45(66)80-48(4,5)6)38(35(60)37(30)77-42-36(61)39(51(12,68)26-73-42)56(13)46(67)81-49(7,8)9)76-41-29(54-43(63)64)19-18-27(75-41)23-57(24-28-25-74-50(10,11)78-28)82(71,72)34-17-15-14-16-32(34)58(69)70/h14-17,27-31,33,35-39,41-42,54,59-61,68H,18-26H2,1-13H3,(H,52,65)(H,53,62)(H,55,66)(H,63,64)/t27-,28?,29+,30+,31-,33-,35+,36+,37-,38+,39+,41+,42+,51-/m0/s1. The first kappa shape index (κ1) is 67.5. The molecule has 5 amide bonds. The SMILES string of the molecule is CN(C(=O)OC(C)(C)C)[C@@H]1[C@@H](O)[C@@H](O[C@@H]2[C@@H](O)[C@H](O[C@H]3O[C@H](CN(CC4COC(C)(C)O4)S(=O)(=O)c4ccccc4[N+](=O)[O-])CC[C@H]3NC(=O)O)[C@@H](NC(=O)OC(C)(C)C)C[C@H]2NC(=O)[C@@H](O)CCNC(=O)OC(C)(C)C)OC[C@]1(C)O. The van der Waals surface area contributed by atoms with Crippen LogP contribution in [0.25, 0.3) is 0 Å². The molecule has 0 bridgehead atoms. The van der Waals surface area contributed by atoms with Crippen LogP contribution >= 0.6 is 0 Å². The second kappa shape index (κ2) is 26.7. The van der Waals surface area contributed by atoms with Crippen LogP contribution in [0.2, 0.25) is 0 Å². The number of likely N-dealkylation sites (N-methyl/N-ethyl adjacent to an activating group) is 1. The predicted molar refractivity (Wildman–Crippen MR) is 284 cm³/mol. The number of aliphatic hydroxyl groups excluding tert-OH is 3. The maximum absolute atomic E-state index is 14.6. The van der Waals surface area contributed by atoms with Gasteiger partial charge in [-0.3, -0.25) is 14.9 Å². The van der Waals surface area contributed by atoms with E-state index in [0.717, 1.165) is 21.3 Å². The lowest BCUT2D eigenvalue weighted by Gasteiger charge is -2.51. The second-order valence-corrected chi connectivity index (χ2v) is 26.3. The molecule has 5 rings (SSSR count). The minimum Gasteiger partial charge on any atom is -0.465 e. The van der Waals surface area contributed by atoms with E-state index in [1.807, 2.05) is 0 Å². The normalized spacial score (nSPS) is 30.1. The third-order valence-corrected chi connectivity index (χ3v) is 15.1. The summed E-state index contributed by atoms with van der Waals surface area (Å²) < 4.78 is 83.2. The van der Waals surface area contributed by atoms with Crippen molar-refractivity contribution in [1.29, 1.82) is 0 Å². The zero-order chi connectivity index (χ0) is 61.7. The quantitative estimate of drug-likeness (QED) is 0.0541. The molecule has 31 heteroatoms. The Morgan fingerprint density at radius 3 is 1.96 bits per heavy atom. The number of nitrogens with one attached hydrogen (secondary N) is 4. The lowest BCUT2D eigenvalue weighted by molar-refractivity contribution is -0.387. The van der Waals surface area contributed by atoms with Crippen molar-refractivity contribution in [2.24, 2.45) is 0 Å². The molecule has 1 aromatic rings. The summed E-state index contributed by atoms with van der Waals surface area (Å²) in [5, 5.41) is 79.6. The third-order valence-electron chi connectivity index (χ3n) is 13.2. The Bertz CT molecular complexity index is 2520. The molecule has 0 spiro atoms. The number of carbonyl (C=O) groups excluding carboxylic acids is 4. The van der Waals surface area contributed by atoms with Crippen LogP contribution in [0.1, 0.15) is 109 Å². The fourth-order valence-corrected chi connectivity index (χ4v) is 11.4. The van der Waals surface area contributed by atoms with E-state index in [0.29, 0.717) is 0 Å². The highest BCUT2D eigenvalue weighted by Crippen LogP contribution is 2.37. The zero-order valence-corrected chi connectivity index (χ0v) is 49.3. The number of para-hydroxylation sites is 1. The highest BCUT2D eigenvalue weighted by Gasteiger charge is 2.55. The number of rotatable bonds is 19. The van der Waals surface area contributed by atoms with Crippen molar-refractivity contribution in [3.8, 4) is 0 Å². The summed E-state index contributed by atoms with van der Waals surface area (Å²) in [6.45, 7) is 17.0. The molecule has 4 aliphatic rings. The number of hydrogen-bond donors (Lipinski definition) is 9.